The van der Waals surface area contributed by atoms with Crippen molar-refractivity contribution in [1.29, 1.82) is 0 Å². The predicted octanol–water partition coefficient (Wildman–Crippen LogP) is 1.52. The maximum Gasteiger partial charge on any atom is 0.0108 e. The molecule has 2 N–H and O–H groups in total. The van der Waals surface area contributed by atoms with Gasteiger partial charge in [0.25, 0.3) is 0 Å². The van der Waals surface area contributed by atoms with Gasteiger partial charge in [0, 0.05) is 12.1 Å². The maximum absolute atomic E-state index is 3.66. The van der Waals surface area contributed by atoms with E-state index in [1.165, 1.54) is 45.2 Å². The lowest BCUT2D eigenvalue weighted by Crippen LogP contribution is -2.45. The van der Waals surface area contributed by atoms with Crippen molar-refractivity contribution < 1.29 is 0 Å². The predicted molar refractivity (Wildman–Crippen MR) is 55.8 cm³/mol. The molecular weight excluding hydrogens is 160 g/mol. The Morgan fingerprint density at radius 1 is 0.923 bits per heavy atom. The topological polar surface area (TPSA) is 24.1 Å². The van der Waals surface area contributed by atoms with Crippen molar-refractivity contribution in [2.45, 2.75) is 51.1 Å². The molecule has 0 aliphatic carbocycles. The Hall–Kier alpha value is -0.0800. The van der Waals surface area contributed by atoms with Crippen molar-refractivity contribution in [3.05, 3.63) is 0 Å². The molecule has 0 spiro atoms. The van der Waals surface area contributed by atoms with Crippen LogP contribution in [-0.4, -0.2) is 25.2 Å². The summed E-state index contributed by atoms with van der Waals surface area (Å²) in [7, 11) is 0. The fourth-order valence-electron chi connectivity index (χ4n) is 2.77. The zero-order valence-corrected chi connectivity index (χ0v) is 8.68. The van der Waals surface area contributed by atoms with Gasteiger partial charge in [0.05, 0.1) is 0 Å². The third kappa shape index (κ3) is 2.23. The van der Waals surface area contributed by atoms with Gasteiger partial charge in [0.15, 0.2) is 0 Å². The SMILES string of the molecule is CC(C1CCCCN1)C1CCCN1. The quantitative estimate of drug-likeness (QED) is 0.676. The van der Waals surface area contributed by atoms with Gasteiger partial charge in [-0.05, 0) is 44.7 Å². The molecule has 0 amide bonds. The van der Waals surface area contributed by atoms with Gasteiger partial charge in [0.1, 0.15) is 0 Å². The van der Waals surface area contributed by atoms with E-state index in [0.717, 1.165) is 18.0 Å². The molecule has 0 aromatic heterocycles. The molecule has 76 valence electrons. The van der Waals surface area contributed by atoms with Gasteiger partial charge in [-0.2, -0.15) is 0 Å². The number of hydrogen-bond donors (Lipinski definition) is 2. The van der Waals surface area contributed by atoms with Crippen LogP contribution >= 0.6 is 0 Å². The average molecular weight is 182 g/mol. The van der Waals surface area contributed by atoms with Crippen molar-refractivity contribution in [3.8, 4) is 0 Å². The van der Waals surface area contributed by atoms with Gasteiger partial charge in [-0.15, -0.1) is 0 Å². The Morgan fingerprint density at radius 2 is 1.54 bits per heavy atom. The molecule has 2 heteroatoms. The molecule has 0 bridgehead atoms. The highest BCUT2D eigenvalue weighted by Gasteiger charge is 2.28. The number of rotatable bonds is 2. The zero-order valence-electron chi connectivity index (χ0n) is 8.68. The van der Waals surface area contributed by atoms with E-state index in [9.17, 15) is 0 Å². The van der Waals surface area contributed by atoms with Crippen LogP contribution in [0.2, 0.25) is 0 Å². The van der Waals surface area contributed by atoms with Gasteiger partial charge in [-0.1, -0.05) is 13.3 Å². The van der Waals surface area contributed by atoms with E-state index in [1.807, 2.05) is 0 Å². The van der Waals surface area contributed by atoms with Gasteiger partial charge in [-0.3, -0.25) is 0 Å². The van der Waals surface area contributed by atoms with Crippen LogP contribution in [0.15, 0.2) is 0 Å². The van der Waals surface area contributed by atoms with E-state index in [4.69, 9.17) is 0 Å². The number of piperidine rings is 1. The molecule has 2 fully saturated rings. The molecular formula is C11H22N2. The van der Waals surface area contributed by atoms with E-state index < -0.39 is 0 Å². The molecule has 0 aromatic carbocycles. The molecule has 3 atom stereocenters. The summed E-state index contributed by atoms with van der Waals surface area (Å²) in [5.41, 5.74) is 0. The highest BCUT2D eigenvalue weighted by Crippen LogP contribution is 2.22. The van der Waals surface area contributed by atoms with Crippen molar-refractivity contribution in [2.75, 3.05) is 13.1 Å². The van der Waals surface area contributed by atoms with Crippen LogP contribution in [0.5, 0.6) is 0 Å². The first-order valence-corrected chi connectivity index (χ1v) is 5.84. The summed E-state index contributed by atoms with van der Waals surface area (Å²) in [5.74, 6) is 0.822. The highest BCUT2D eigenvalue weighted by atomic mass is 15.0. The lowest BCUT2D eigenvalue weighted by Gasteiger charge is -2.32. The van der Waals surface area contributed by atoms with Crippen molar-refractivity contribution >= 4 is 0 Å². The normalized spacial score (nSPS) is 37.6. The van der Waals surface area contributed by atoms with Crippen LogP contribution in [0.1, 0.15) is 39.0 Å². The van der Waals surface area contributed by atoms with E-state index in [-0.39, 0.29) is 0 Å². The minimum absolute atomic E-state index is 0.782. The molecule has 0 radical (unpaired) electrons. The minimum atomic E-state index is 0.782. The second-order valence-corrected chi connectivity index (χ2v) is 4.62. The minimum Gasteiger partial charge on any atom is -0.314 e. The van der Waals surface area contributed by atoms with Crippen LogP contribution in [0.4, 0.5) is 0 Å². The lowest BCUT2D eigenvalue weighted by atomic mass is 9.87. The monoisotopic (exact) mass is 182 g/mol. The van der Waals surface area contributed by atoms with Crippen LogP contribution in [0, 0.1) is 5.92 Å². The third-order valence-corrected chi connectivity index (χ3v) is 3.72. The largest absolute Gasteiger partial charge is 0.314 e. The van der Waals surface area contributed by atoms with Gasteiger partial charge in [-0.25, -0.2) is 0 Å². The fraction of sp³-hybridized carbons (Fsp3) is 1.00. The second-order valence-electron chi connectivity index (χ2n) is 4.62. The van der Waals surface area contributed by atoms with Gasteiger partial charge >= 0.3 is 0 Å². The fourth-order valence-corrected chi connectivity index (χ4v) is 2.77. The van der Waals surface area contributed by atoms with Crippen LogP contribution in [-0.2, 0) is 0 Å². The standard InChI is InChI=1S/C11H22N2/c1-9(11-6-4-8-13-11)10-5-2-3-7-12-10/h9-13H,2-8H2,1H3. The summed E-state index contributed by atoms with van der Waals surface area (Å²) in [6.07, 6.45) is 6.95. The molecule has 2 saturated heterocycles. The first kappa shape index (κ1) is 9.47. The molecule has 3 unspecified atom stereocenters. The third-order valence-electron chi connectivity index (χ3n) is 3.72. The smallest absolute Gasteiger partial charge is 0.0108 e. The Morgan fingerprint density at radius 3 is 2.08 bits per heavy atom. The highest BCUT2D eigenvalue weighted by molar-refractivity contribution is 4.87. The molecule has 2 aliphatic rings. The number of nitrogens with one attached hydrogen (secondary N) is 2. The Balaban J connectivity index is 1.83. The van der Waals surface area contributed by atoms with E-state index in [2.05, 4.69) is 17.6 Å². The summed E-state index contributed by atoms with van der Waals surface area (Å²) < 4.78 is 0. The molecule has 2 nitrogen and oxygen atoms in total. The Bertz CT molecular complexity index is 146. The summed E-state index contributed by atoms with van der Waals surface area (Å²) in [5, 5.41) is 7.27. The van der Waals surface area contributed by atoms with E-state index >= 15 is 0 Å². The maximum atomic E-state index is 3.66. The van der Waals surface area contributed by atoms with Gasteiger partial charge in [0.2, 0.25) is 0 Å². The van der Waals surface area contributed by atoms with Crippen LogP contribution < -0.4 is 10.6 Å². The van der Waals surface area contributed by atoms with Crippen molar-refractivity contribution in [1.82, 2.24) is 10.6 Å². The van der Waals surface area contributed by atoms with Crippen molar-refractivity contribution in [3.63, 3.8) is 0 Å². The molecule has 0 saturated carbocycles. The Labute approximate surface area is 81.5 Å². The van der Waals surface area contributed by atoms with Crippen LogP contribution in [0.3, 0.4) is 0 Å². The summed E-state index contributed by atoms with van der Waals surface area (Å²) >= 11 is 0. The van der Waals surface area contributed by atoms with E-state index in [0.29, 0.717) is 0 Å². The molecule has 0 aromatic rings. The number of hydrogen-bond acceptors (Lipinski definition) is 2. The molecule has 2 aliphatic heterocycles. The van der Waals surface area contributed by atoms with E-state index in [1.54, 1.807) is 0 Å². The van der Waals surface area contributed by atoms with Crippen molar-refractivity contribution in [2.24, 2.45) is 5.92 Å². The average Bonchev–Trinajstić information content (AvgIpc) is 2.71. The van der Waals surface area contributed by atoms with Crippen LogP contribution in [0.25, 0.3) is 0 Å². The summed E-state index contributed by atoms with van der Waals surface area (Å²) in [6.45, 7) is 4.88. The first-order valence-electron chi connectivity index (χ1n) is 5.84. The second kappa shape index (κ2) is 4.43. The Kier molecular flexibility index (Phi) is 3.23. The molecule has 2 heterocycles. The first-order chi connectivity index (χ1) is 6.38. The molecule has 2 rings (SSSR count). The van der Waals surface area contributed by atoms with Gasteiger partial charge < -0.3 is 10.6 Å². The lowest BCUT2D eigenvalue weighted by molar-refractivity contribution is 0.263. The zero-order chi connectivity index (χ0) is 9.10. The summed E-state index contributed by atoms with van der Waals surface area (Å²) in [6, 6.07) is 1.57. The summed E-state index contributed by atoms with van der Waals surface area (Å²) in [4.78, 5) is 0. The molecule has 13 heavy (non-hydrogen) atoms.